The van der Waals surface area contributed by atoms with Crippen LogP contribution in [0.1, 0.15) is 11.1 Å². The highest BCUT2D eigenvalue weighted by atomic mass is 16.3. The molecule has 0 radical (unpaired) electrons. The van der Waals surface area contributed by atoms with E-state index in [1.807, 2.05) is 12.1 Å². The van der Waals surface area contributed by atoms with Crippen LogP contribution < -0.4 is 0 Å². The molecular formula is C10H12O2. The smallest absolute Gasteiger partial charge is 0.119 e. The standard InChI is InChI=1S/C10H12O2/c11-6-7-4-8-2-1-3-10(12)9(8)5-7/h1-3,7,11-12H,4-6H2. The molecule has 1 unspecified atom stereocenters. The maximum Gasteiger partial charge on any atom is 0.119 e. The Balaban J connectivity index is 2.35. The summed E-state index contributed by atoms with van der Waals surface area (Å²) < 4.78 is 0. The molecule has 0 amide bonds. The molecule has 2 nitrogen and oxygen atoms in total. The molecule has 0 fully saturated rings. The van der Waals surface area contributed by atoms with Gasteiger partial charge >= 0.3 is 0 Å². The van der Waals surface area contributed by atoms with Gasteiger partial charge in [0.2, 0.25) is 0 Å². The molecule has 1 aromatic carbocycles. The van der Waals surface area contributed by atoms with Crippen LogP contribution in [-0.2, 0) is 12.8 Å². The average molecular weight is 164 g/mol. The number of benzene rings is 1. The van der Waals surface area contributed by atoms with Crippen molar-refractivity contribution in [2.45, 2.75) is 12.8 Å². The number of hydrogen-bond acceptors (Lipinski definition) is 2. The van der Waals surface area contributed by atoms with Gasteiger partial charge in [-0.2, -0.15) is 0 Å². The van der Waals surface area contributed by atoms with Gasteiger partial charge in [0.15, 0.2) is 0 Å². The number of hydrogen-bond donors (Lipinski definition) is 2. The van der Waals surface area contributed by atoms with Gasteiger partial charge in [-0.1, -0.05) is 12.1 Å². The first kappa shape index (κ1) is 7.62. The number of fused-ring (bicyclic) bond motifs is 1. The second kappa shape index (κ2) is 2.79. The summed E-state index contributed by atoms with van der Waals surface area (Å²) in [7, 11) is 0. The van der Waals surface area contributed by atoms with Gasteiger partial charge in [0, 0.05) is 6.61 Å². The highest BCUT2D eigenvalue weighted by Gasteiger charge is 2.22. The molecular weight excluding hydrogens is 152 g/mol. The third-order valence-corrected chi connectivity index (χ3v) is 2.51. The average Bonchev–Trinajstić information content (AvgIpc) is 2.49. The summed E-state index contributed by atoms with van der Waals surface area (Å²) in [6, 6.07) is 5.58. The SMILES string of the molecule is OCC1Cc2cccc(O)c2C1. The Morgan fingerprint density at radius 1 is 1.33 bits per heavy atom. The molecule has 2 heteroatoms. The molecule has 0 bridgehead atoms. The Kier molecular flexibility index (Phi) is 1.77. The van der Waals surface area contributed by atoms with E-state index in [9.17, 15) is 5.11 Å². The van der Waals surface area contributed by atoms with Crippen LogP contribution in [0.15, 0.2) is 18.2 Å². The summed E-state index contributed by atoms with van der Waals surface area (Å²) in [5.74, 6) is 0.691. The highest BCUT2D eigenvalue weighted by molar-refractivity contribution is 5.42. The van der Waals surface area contributed by atoms with Gasteiger partial charge in [0.1, 0.15) is 5.75 Å². The van der Waals surface area contributed by atoms with Crippen molar-refractivity contribution in [3.63, 3.8) is 0 Å². The van der Waals surface area contributed by atoms with Crippen molar-refractivity contribution in [1.82, 2.24) is 0 Å². The maximum atomic E-state index is 9.46. The summed E-state index contributed by atoms with van der Waals surface area (Å²) in [5, 5.41) is 18.4. The van der Waals surface area contributed by atoms with Crippen molar-refractivity contribution in [2.75, 3.05) is 6.61 Å². The predicted octanol–water partition coefficient (Wildman–Crippen LogP) is 1.10. The first-order valence-electron chi connectivity index (χ1n) is 4.22. The molecule has 12 heavy (non-hydrogen) atoms. The van der Waals surface area contributed by atoms with Crippen LogP contribution in [0, 0.1) is 5.92 Å². The number of phenolic OH excluding ortho intramolecular Hbond substituents is 1. The lowest BCUT2D eigenvalue weighted by atomic mass is 10.1. The van der Waals surface area contributed by atoms with Gasteiger partial charge in [0.05, 0.1) is 0 Å². The second-order valence-electron chi connectivity index (χ2n) is 3.37. The molecule has 1 aliphatic carbocycles. The van der Waals surface area contributed by atoms with Crippen LogP contribution in [0.5, 0.6) is 5.75 Å². The third-order valence-electron chi connectivity index (χ3n) is 2.51. The van der Waals surface area contributed by atoms with E-state index in [-0.39, 0.29) is 6.61 Å². The zero-order chi connectivity index (χ0) is 8.55. The Morgan fingerprint density at radius 2 is 2.17 bits per heavy atom. The number of aliphatic hydroxyl groups is 1. The van der Waals surface area contributed by atoms with Gasteiger partial charge < -0.3 is 10.2 Å². The van der Waals surface area contributed by atoms with Crippen molar-refractivity contribution in [3.8, 4) is 5.75 Å². The van der Waals surface area contributed by atoms with Crippen molar-refractivity contribution >= 4 is 0 Å². The molecule has 0 spiro atoms. The fourth-order valence-corrected chi connectivity index (χ4v) is 1.85. The fraction of sp³-hybridized carbons (Fsp3) is 0.400. The van der Waals surface area contributed by atoms with Crippen LogP contribution in [0.25, 0.3) is 0 Å². The zero-order valence-corrected chi connectivity index (χ0v) is 6.83. The van der Waals surface area contributed by atoms with Gasteiger partial charge in [0.25, 0.3) is 0 Å². The number of aromatic hydroxyl groups is 1. The Labute approximate surface area is 71.5 Å². The van der Waals surface area contributed by atoms with E-state index < -0.39 is 0 Å². The molecule has 0 heterocycles. The summed E-state index contributed by atoms with van der Waals surface area (Å²) in [4.78, 5) is 0. The zero-order valence-electron chi connectivity index (χ0n) is 6.83. The normalized spacial score (nSPS) is 20.9. The van der Waals surface area contributed by atoms with E-state index in [1.165, 1.54) is 5.56 Å². The first-order chi connectivity index (χ1) is 5.81. The van der Waals surface area contributed by atoms with E-state index in [2.05, 4.69) is 0 Å². The van der Waals surface area contributed by atoms with Crippen LogP contribution in [0.3, 0.4) is 0 Å². The number of phenols is 1. The second-order valence-corrected chi connectivity index (χ2v) is 3.37. The van der Waals surface area contributed by atoms with Crippen LogP contribution in [0.2, 0.25) is 0 Å². The summed E-state index contributed by atoms with van der Waals surface area (Å²) in [5.41, 5.74) is 2.21. The lowest BCUT2D eigenvalue weighted by Gasteiger charge is -2.01. The molecule has 1 aromatic rings. The largest absolute Gasteiger partial charge is 0.508 e. The van der Waals surface area contributed by atoms with Crippen molar-refractivity contribution in [1.29, 1.82) is 0 Å². The lowest BCUT2D eigenvalue weighted by Crippen LogP contribution is -2.04. The van der Waals surface area contributed by atoms with Gasteiger partial charge in [-0.25, -0.2) is 0 Å². The molecule has 1 atom stereocenters. The lowest BCUT2D eigenvalue weighted by molar-refractivity contribution is 0.232. The van der Waals surface area contributed by atoms with Crippen molar-refractivity contribution < 1.29 is 10.2 Å². The topological polar surface area (TPSA) is 40.5 Å². The molecule has 64 valence electrons. The highest BCUT2D eigenvalue weighted by Crippen LogP contribution is 2.32. The van der Waals surface area contributed by atoms with Crippen LogP contribution in [0.4, 0.5) is 0 Å². The fourth-order valence-electron chi connectivity index (χ4n) is 1.85. The summed E-state index contributed by atoms with van der Waals surface area (Å²) >= 11 is 0. The maximum absolute atomic E-state index is 9.46. The number of rotatable bonds is 1. The molecule has 0 saturated heterocycles. The van der Waals surface area contributed by atoms with E-state index >= 15 is 0 Å². The van der Waals surface area contributed by atoms with Crippen LogP contribution in [-0.4, -0.2) is 16.8 Å². The van der Waals surface area contributed by atoms with Crippen molar-refractivity contribution in [3.05, 3.63) is 29.3 Å². The van der Waals surface area contributed by atoms with E-state index in [0.29, 0.717) is 11.7 Å². The molecule has 1 aliphatic rings. The van der Waals surface area contributed by atoms with E-state index in [1.54, 1.807) is 6.07 Å². The summed E-state index contributed by atoms with van der Waals surface area (Å²) in [6.45, 7) is 0.216. The van der Waals surface area contributed by atoms with Crippen LogP contribution >= 0.6 is 0 Å². The monoisotopic (exact) mass is 164 g/mol. The molecule has 2 rings (SSSR count). The molecule has 2 N–H and O–H groups in total. The molecule has 0 aromatic heterocycles. The van der Waals surface area contributed by atoms with E-state index in [4.69, 9.17) is 5.11 Å². The minimum Gasteiger partial charge on any atom is -0.508 e. The quantitative estimate of drug-likeness (QED) is 0.652. The van der Waals surface area contributed by atoms with Crippen molar-refractivity contribution in [2.24, 2.45) is 5.92 Å². The minimum absolute atomic E-state index is 0.216. The number of aliphatic hydroxyl groups excluding tert-OH is 1. The first-order valence-corrected chi connectivity index (χ1v) is 4.22. The van der Waals surface area contributed by atoms with Gasteiger partial charge in [-0.15, -0.1) is 0 Å². The third kappa shape index (κ3) is 1.08. The predicted molar refractivity (Wildman–Crippen MR) is 46.1 cm³/mol. The van der Waals surface area contributed by atoms with Gasteiger partial charge in [-0.3, -0.25) is 0 Å². The summed E-state index contributed by atoms with van der Waals surface area (Å²) in [6.07, 6.45) is 1.72. The molecule has 0 saturated carbocycles. The Morgan fingerprint density at radius 3 is 2.83 bits per heavy atom. The minimum atomic E-state index is 0.216. The van der Waals surface area contributed by atoms with E-state index in [0.717, 1.165) is 18.4 Å². The Hall–Kier alpha value is -1.02. The van der Waals surface area contributed by atoms with Gasteiger partial charge in [-0.05, 0) is 36.0 Å². The molecule has 0 aliphatic heterocycles. The Bertz CT molecular complexity index is 294.